The lowest BCUT2D eigenvalue weighted by molar-refractivity contribution is -0.137. The maximum absolute atomic E-state index is 12.5. The summed E-state index contributed by atoms with van der Waals surface area (Å²) in [5, 5.41) is 2.64. The number of nitrogens with two attached hydrogens (primary N) is 1. The van der Waals surface area contributed by atoms with E-state index >= 15 is 0 Å². The van der Waals surface area contributed by atoms with E-state index in [4.69, 9.17) is 22.1 Å². The van der Waals surface area contributed by atoms with Crippen LogP contribution in [0.5, 0.6) is 0 Å². The summed E-state index contributed by atoms with van der Waals surface area (Å²) in [6.07, 6.45) is -5.65. The van der Waals surface area contributed by atoms with Crippen LogP contribution in [0.3, 0.4) is 0 Å². The van der Waals surface area contributed by atoms with Crippen molar-refractivity contribution >= 4 is 34.9 Å². The third-order valence-electron chi connectivity index (χ3n) is 3.36. The normalized spacial score (nSPS) is 12.3. The van der Waals surface area contributed by atoms with Gasteiger partial charge in [-0.15, -0.1) is 0 Å². The molecule has 0 aliphatic heterocycles. The molecule has 2 aromatic rings. The molecule has 0 spiro atoms. The van der Waals surface area contributed by atoms with Crippen LogP contribution in [0.2, 0.25) is 5.02 Å². The number of hydrogen-bond donors (Lipinski definition) is 2. The molecule has 0 heterocycles. The van der Waals surface area contributed by atoms with Gasteiger partial charge in [0.1, 0.15) is 0 Å². The van der Waals surface area contributed by atoms with Crippen molar-refractivity contribution < 1.29 is 27.5 Å². The van der Waals surface area contributed by atoms with Crippen molar-refractivity contribution in [3.05, 3.63) is 58.6 Å². The van der Waals surface area contributed by atoms with Gasteiger partial charge in [-0.2, -0.15) is 13.2 Å². The number of carbonyl (C=O) groups excluding carboxylic acids is 2. The second-order valence-electron chi connectivity index (χ2n) is 5.35. The molecule has 0 aromatic heterocycles. The summed E-state index contributed by atoms with van der Waals surface area (Å²) >= 11 is 5.76. The summed E-state index contributed by atoms with van der Waals surface area (Å²) in [6, 6.07) is 8.00. The van der Waals surface area contributed by atoms with Crippen LogP contribution in [0, 0.1) is 0 Å². The molecule has 0 radical (unpaired) electrons. The summed E-state index contributed by atoms with van der Waals surface area (Å²) in [5.74, 6) is -1.48. The number of hydrogen-bond acceptors (Lipinski definition) is 4. The van der Waals surface area contributed by atoms with Crippen molar-refractivity contribution in [3.8, 4) is 0 Å². The van der Waals surface area contributed by atoms with Crippen LogP contribution < -0.4 is 11.1 Å². The van der Waals surface area contributed by atoms with Gasteiger partial charge in [0, 0.05) is 5.69 Å². The summed E-state index contributed by atoms with van der Waals surface area (Å²) in [7, 11) is 0. The number of rotatable bonds is 4. The monoisotopic (exact) mass is 386 g/mol. The first-order valence-electron chi connectivity index (χ1n) is 7.32. The first-order chi connectivity index (χ1) is 12.1. The second kappa shape index (κ2) is 7.65. The fraction of sp³-hybridized carbons (Fsp3) is 0.176. The molecule has 1 amide bonds. The third kappa shape index (κ3) is 4.89. The minimum absolute atomic E-state index is 0.112. The zero-order valence-corrected chi connectivity index (χ0v) is 14.2. The smallest absolute Gasteiger partial charge is 0.416 e. The van der Waals surface area contributed by atoms with E-state index in [9.17, 15) is 22.8 Å². The summed E-state index contributed by atoms with van der Waals surface area (Å²) < 4.78 is 42.5. The molecule has 9 heteroatoms. The molecule has 0 saturated carbocycles. The Kier molecular flexibility index (Phi) is 5.76. The molecule has 0 unspecified atom stereocenters. The second-order valence-corrected chi connectivity index (χ2v) is 5.76. The number of alkyl halides is 3. The number of benzene rings is 2. The third-order valence-corrected chi connectivity index (χ3v) is 3.71. The van der Waals surface area contributed by atoms with Gasteiger partial charge < -0.3 is 15.8 Å². The lowest BCUT2D eigenvalue weighted by atomic mass is 10.2. The Morgan fingerprint density at radius 1 is 1.15 bits per heavy atom. The number of anilines is 2. The van der Waals surface area contributed by atoms with Crippen molar-refractivity contribution in [2.24, 2.45) is 0 Å². The molecule has 138 valence electrons. The maximum Gasteiger partial charge on any atom is 0.416 e. The van der Waals surface area contributed by atoms with Crippen LogP contribution in [0.15, 0.2) is 42.5 Å². The molecule has 2 rings (SSSR count). The predicted molar refractivity (Wildman–Crippen MR) is 90.8 cm³/mol. The molecule has 2 aromatic carbocycles. The highest BCUT2D eigenvalue weighted by molar-refractivity contribution is 6.33. The predicted octanol–water partition coefficient (Wildman–Crippen LogP) is 4.13. The molecule has 0 fully saturated rings. The largest absolute Gasteiger partial charge is 0.449 e. The van der Waals surface area contributed by atoms with Crippen LogP contribution in [0.1, 0.15) is 22.8 Å². The number of halogens is 4. The highest BCUT2D eigenvalue weighted by atomic mass is 35.5. The SMILES string of the molecule is C[C@H](OC(=O)c1ccc(Cl)c(N)c1)C(=O)Nc1ccc(C(F)(F)F)cc1. The lowest BCUT2D eigenvalue weighted by Crippen LogP contribution is -2.30. The molecule has 3 N–H and O–H groups in total. The van der Waals surface area contributed by atoms with Gasteiger partial charge in [-0.1, -0.05) is 11.6 Å². The molecule has 1 atom stereocenters. The Balaban J connectivity index is 1.98. The Bertz CT molecular complexity index is 823. The summed E-state index contributed by atoms with van der Waals surface area (Å²) in [4.78, 5) is 24.0. The Morgan fingerprint density at radius 3 is 2.31 bits per heavy atom. The maximum atomic E-state index is 12.5. The van der Waals surface area contributed by atoms with Crippen LogP contribution in [0.4, 0.5) is 24.5 Å². The molecule has 0 aliphatic carbocycles. The van der Waals surface area contributed by atoms with Crippen molar-refractivity contribution in [2.75, 3.05) is 11.1 Å². The average molecular weight is 387 g/mol. The van der Waals surface area contributed by atoms with Gasteiger partial charge in [0.2, 0.25) is 0 Å². The minimum atomic E-state index is -4.47. The van der Waals surface area contributed by atoms with E-state index in [0.29, 0.717) is 0 Å². The fourth-order valence-electron chi connectivity index (χ4n) is 1.94. The minimum Gasteiger partial charge on any atom is -0.449 e. The van der Waals surface area contributed by atoms with Gasteiger partial charge >= 0.3 is 12.1 Å². The summed E-state index contributed by atoms with van der Waals surface area (Å²) in [5.41, 5.74) is 5.19. The number of carbonyl (C=O) groups is 2. The molecule has 0 saturated heterocycles. The van der Waals surface area contributed by atoms with E-state index in [-0.39, 0.29) is 22.0 Å². The number of nitrogens with one attached hydrogen (secondary N) is 1. The zero-order chi connectivity index (χ0) is 19.5. The standard InChI is InChI=1S/C17H14ClF3N2O3/c1-9(26-16(25)10-2-7-13(18)14(22)8-10)15(24)23-12-5-3-11(4-6-12)17(19,20)21/h2-9H,22H2,1H3,(H,23,24)/t9-/m0/s1. The molecule has 5 nitrogen and oxygen atoms in total. The molecular formula is C17H14ClF3N2O3. The molecular weight excluding hydrogens is 373 g/mol. The Hall–Kier alpha value is -2.74. The van der Waals surface area contributed by atoms with E-state index in [1.807, 2.05) is 0 Å². The highest BCUT2D eigenvalue weighted by Gasteiger charge is 2.30. The van der Waals surface area contributed by atoms with Crippen LogP contribution >= 0.6 is 11.6 Å². The van der Waals surface area contributed by atoms with Crippen LogP contribution in [-0.2, 0) is 15.7 Å². The number of nitrogen functional groups attached to an aromatic ring is 1. The molecule has 26 heavy (non-hydrogen) atoms. The first kappa shape index (κ1) is 19.6. The average Bonchev–Trinajstić information content (AvgIpc) is 2.56. The van der Waals surface area contributed by atoms with Crippen molar-refractivity contribution in [3.63, 3.8) is 0 Å². The Labute approximate surface area is 151 Å². The van der Waals surface area contributed by atoms with Gasteiger partial charge in [-0.25, -0.2) is 4.79 Å². The fourth-order valence-corrected chi connectivity index (χ4v) is 2.06. The van der Waals surface area contributed by atoms with Crippen LogP contribution in [-0.4, -0.2) is 18.0 Å². The topological polar surface area (TPSA) is 81.4 Å². The highest BCUT2D eigenvalue weighted by Crippen LogP contribution is 2.29. The van der Waals surface area contributed by atoms with Crippen molar-refractivity contribution in [1.29, 1.82) is 0 Å². The van der Waals surface area contributed by atoms with Crippen LogP contribution in [0.25, 0.3) is 0 Å². The summed E-state index contributed by atoms with van der Waals surface area (Å²) in [6.45, 7) is 1.33. The first-order valence-corrected chi connectivity index (χ1v) is 7.70. The van der Waals surface area contributed by atoms with Gasteiger partial charge in [-0.3, -0.25) is 4.79 Å². The van der Waals surface area contributed by atoms with Gasteiger partial charge in [-0.05, 0) is 49.4 Å². The zero-order valence-electron chi connectivity index (χ0n) is 13.4. The van der Waals surface area contributed by atoms with E-state index in [1.54, 1.807) is 0 Å². The molecule has 0 bridgehead atoms. The van der Waals surface area contributed by atoms with Crippen molar-refractivity contribution in [1.82, 2.24) is 0 Å². The van der Waals surface area contributed by atoms with E-state index in [1.165, 1.54) is 25.1 Å². The lowest BCUT2D eigenvalue weighted by Gasteiger charge is -2.14. The van der Waals surface area contributed by atoms with E-state index < -0.39 is 29.7 Å². The number of esters is 1. The van der Waals surface area contributed by atoms with Gasteiger partial charge in [0.25, 0.3) is 5.91 Å². The number of amides is 1. The molecule has 0 aliphatic rings. The Morgan fingerprint density at radius 2 is 1.77 bits per heavy atom. The number of ether oxygens (including phenoxy) is 1. The van der Waals surface area contributed by atoms with Gasteiger partial charge in [0.15, 0.2) is 6.10 Å². The van der Waals surface area contributed by atoms with E-state index in [0.717, 1.165) is 24.3 Å². The van der Waals surface area contributed by atoms with E-state index in [2.05, 4.69) is 5.32 Å². The van der Waals surface area contributed by atoms with Crippen molar-refractivity contribution in [2.45, 2.75) is 19.2 Å². The quantitative estimate of drug-likeness (QED) is 0.611. The van der Waals surface area contributed by atoms with Gasteiger partial charge in [0.05, 0.1) is 21.8 Å².